The van der Waals surface area contributed by atoms with Crippen LogP contribution in [-0.2, 0) is 0 Å². The molecule has 6 heteroatoms. The zero-order valence-corrected chi connectivity index (χ0v) is 45.4. The van der Waals surface area contributed by atoms with Crippen molar-refractivity contribution in [2.45, 2.75) is 11.8 Å². The first kappa shape index (κ1) is 47.7. The molecule has 15 aromatic rings. The highest BCUT2D eigenvalue weighted by Crippen LogP contribution is 2.57. The van der Waals surface area contributed by atoms with Crippen molar-refractivity contribution in [3.63, 3.8) is 0 Å². The van der Waals surface area contributed by atoms with Gasteiger partial charge in [0.1, 0.15) is 0 Å². The van der Waals surface area contributed by atoms with Crippen LogP contribution in [0.25, 0.3) is 134 Å². The van der Waals surface area contributed by atoms with Crippen LogP contribution < -0.4 is 0 Å². The summed E-state index contributed by atoms with van der Waals surface area (Å²) in [6.07, 6.45) is 0. The predicted molar refractivity (Wildman–Crippen MR) is 341 cm³/mol. The summed E-state index contributed by atoms with van der Waals surface area (Å²) in [5.41, 5.74) is 18.1. The Morgan fingerprint density at radius 3 is 0.726 bits per heavy atom. The lowest BCUT2D eigenvalue weighted by Gasteiger charge is -2.42. The summed E-state index contributed by atoms with van der Waals surface area (Å²) in [7, 11) is 0. The fraction of sp³-hybridized carbons (Fsp3) is 0.0256. The van der Waals surface area contributed by atoms with E-state index in [2.05, 4.69) is 243 Å². The van der Waals surface area contributed by atoms with Crippen molar-refractivity contribution in [1.29, 1.82) is 0 Å². The van der Waals surface area contributed by atoms with Crippen LogP contribution in [0.5, 0.6) is 0 Å². The Morgan fingerprint density at radius 2 is 0.405 bits per heavy atom. The Bertz CT molecular complexity index is 4700. The van der Waals surface area contributed by atoms with Crippen LogP contribution in [0.3, 0.4) is 0 Å². The van der Waals surface area contributed by atoms with Crippen molar-refractivity contribution >= 4 is 43.1 Å². The number of aromatic nitrogens is 6. The van der Waals surface area contributed by atoms with E-state index >= 15 is 0 Å². The molecule has 0 N–H and O–H groups in total. The second-order valence-corrected chi connectivity index (χ2v) is 21.9. The summed E-state index contributed by atoms with van der Waals surface area (Å²) in [5.74, 6) is 3.71. The van der Waals surface area contributed by atoms with E-state index in [0.717, 1.165) is 76.5 Å². The Labute approximate surface area is 485 Å². The first-order chi connectivity index (χ1) is 41.7. The highest BCUT2D eigenvalue weighted by molar-refractivity contribution is 6.22. The van der Waals surface area contributed by atoms with Crippen LogP contribution in [0.2, 0.25) is 0 Å². The quantitative estimate of drug-likeness (QED) is 0.141. The van der Waals surface area contributed by atoms with E-state index in [9.17, 15) is 0 Å². The first-order valence-electron chi connectivity index (χ1n) is 28.7. The molecular weight excluding hydrogens is 1020 g/mol. The average molecular weight is 1070 g/mol. The van der Waals surface area contributed by atoms with Crippen LogP contribution in [0.15, 0.2) is 279 Å². The van der Waals surface area contributed by atoms with E-state index in [1.807, 2.05) is 36.4 Å². The molecular formula is C78H48N6. The molecule has 0 radical (unpaired) electrons. The Balaban J connectivity index is 0.827. The van der Waals surface area contributed by atoms with Crippen LogP contribution in [-0.4, -0.2) is 29.9 Å². The molecule has 2 unspecified atom stereocenters. The molecule has 2 atom stereocenters. The second-order valence-electron chi connectivity index (χ2n) is 21.9. The average Bonchev–Trinajstić information content (AvgIpc) is 1.99. The second kappa shape index (κ2) is 19.3. The Kier molecular flexibility index (Phi) is 11.0. The summed E-state index contributed by atoms with van der Waals surface area (Å²) >= 11 is 0. The zero-order chi connectivity index (χ0) is 55.2. The van der Waals surface area contributed by atoms with Gasteiger partial charge in [-0.25, -0.2) is 29.9 Å². The largest absolute Gasteiger partial charge is 0.208 e. The summed E-state index contributed by atoms with van der Waals surface area (Å²) in [6, 6.07) is 99.4. The lowest BCUT2D eigenvalue weighted by atomic mass is 9.61. The maximum absolute atomic E-state index is 5.52. The smallest absolute Gasteiger partial charge is 0.165 e. The summed E-state index contributed by atoms with van der Waals surface area (Å²) in [4.78, 5) is 32.4. The van der Waals surface area contributed by atoms with Crippen molar-refractivity contribution in [3.05, 3.63) is 312 Å². The highest BCUT2D eigenvalue weighted by atomic mass is 15.0. The third kappa shape index (κ3) is 7.58. The molecule has 0 saturated heterocycles. The minimum absolute atomic E-state index is 0.0341. The number of benzene rings is 13. The predicted octanol–water partition coefficient (Wildman–Crippen LogP) is 19.0. The van der Waals surface area contributed by atoms with Crippen molar-refractivity contribution < 1.29 is 0 Å². The lowest BCUT2D eigenvalue weighted by Crippen LogP contribution is -2.27. The van der Waals surface area contributed by atoms with Gasteiger partial charge in [0.25, 0.3) is 0 Å². The molecule has 2 bridgehead atoms. The first-order valence-corrected chi connectivity index (χ1v) is 28.7. The van der Waals surface area contributed by atoms with Gasteiger partial charge in [0.2, 0.25) is 0 Å². The monoisotopic (exact) mass is 1070 g/mol. The van der Waals surface area contributed by atoms with Gasteiger partial charge < -0.3 is 0 Å². The van der Waals surface area contributed by atoms with Gasteiger partial charge in [-0.1, -0.05) is 267 Å². The number of hydrogen-bond donors (Lipinski definition) is 0. The zero-order valence-electron chi connectivity index (χ0n) is 45.4. The van der Waals surface area contributed by atoms with Crippen LogP contribution >= 0.6 is 0 Å². The van der Waals surface area contributed by atoms with E-state index in [-0.39, 0.29) is 11.8 Å². The molecule has 0 aliphatic heterocycles. The summed E-state index contributed by atoms with van der Waals surface area (Å²) in [6.45, 7) is 0. The number of nitrogens with zero attached hydrogens (tertiary/aromatic N) is 6. The van der Waals surface area contributed by atoms with Gasteiger partial charge in [-0.05, 0) is 111 Å². The van der Waals surface area contributed by atoms with Crippen molar-refractivity contribution in [3.8, 4) is 90.6 Å². The van der Waals surface area contributed by atoms with Crippen molar-refractivity contribution in [1.82, 2.24) is 29.9 Å². The molecule has 13 aromatic carbocycles. The van der Waals surface area contributed by atoms with Gasteiger partial charge in [0.15, 0.2) is 34.9 Å². The van der Waals surface area contributed by atoms with Crippen LogP contribution in [0.1, 0.15) is 45.2 Å². The van der Waals surface area contributed by atoms with E-state index < -0.39 is 0 Å². The Morgan fingerprint density at radius 1 is 0.167 bits per heavy atom. The minimum Gasteiger partial charge on any atom is -0.208 e. The molecule has 84 heavy (non-hydrogen) atoms. The van der Waals surface area contributed by atoms with Crippen LogP contribution in [0.4, 0.5) is 0 Å². The van der Waals surface area contributed by atoms with E-state index in [0.29, 0.717) is 34.9 Å². The van der Waals surface area contributed by atoms with Crippen LogP contribution in [0, 0.1) is 0 Å². The number of hydrogen-bond acceptors (Lipinski definition) is 6. The van der Waals surface area contributed by atoms with Gasteiger partial charge in [0, 0.05) is 45.2 Å². The summed E-state index contributed by atoms with van der Waals surface area (Å²) < 4.78 is 0. The van der Waals surface area contributed by atoms with Gasteiger partial charge in [0.05, 0.1) is 0 Å². The molecule has 2 heterocycles. The van der Waals surface area contributed by atoms with Crippen molar-refractivity contribution in [2.24, 2.45) is 0 Å². The van der Waals surface area contributed by atoms with Gasteiger partial charge in [-0.15, -0.1) is 0 Å². The molecule has 0 fully saturated rings. The number of fused-ring (bicyclic) bond motifs is 4. The molecule has 6 nitrogen and oxygen atoms in total. The minimum atomic E-state index is -0.0341. The molecule has 18 rings (SSSR count). The van der Waals surface area contributed by atoms with E-state index in [1.165, 1.54) is 55.6 Å². The van der Waals surface area contributed by atoms with Crippen molar-refractivity contribution in [2.75, 3.05) is 0 Å². The maximum Gasteiger partial charge on any atom is 0.165 e. The summed E-state index contributed by atoms with van der Waals surface area (Å²) in [5, 5.41) is 8.95. The SMILES string of the molecule is c1ccc(-c2nc(-c3ccc4c(c3)C3c5ccccc5C4c4cc(-c5nc(-c6ccccc6)nc(-c6c7ccccc7c(-c7ccccc7)c7ccccc67)n5)ccc43)nc(-c3c4ccccc4c(-c4ccccc4)c4ccccc34)n2)cc1. The molecule has 0 amide bonds. The van der Waals surface area contributed by atoms with E-state index in [1.54, 1.807) is 0 Å². The maximum atomic E-state index is 5.52. The topological polar surface area (TPSA) is 77.3 Å². The normalized spacial score (nSPS) is 14.0. The molecule has 0 spiro atoms. The molecule has 390 valence electrons. The van der Waals surface area contributed by atoms with E-state index in [4.69, 9.17) is 29.9 Å². The fourth-order valence-electron chi connectivity index (χ4n) is 13.7. The molecule has 3 aliphatic carbocycles. The number of rotatable bonds is 8. The van der Waals surface area contributed by atoms with Gasteiger partial charge in [-0.3, -0.25) is 0 Å². The Hall–Kier alpha value is -11.1. The molecule has 0 saturated carbocycles. The standard InChI is InChI=1S/C78H48N6/c1-5-23-47(24-6-1)67-53-31-13-19-37-59(53)71(60-38-20-14-32-54(60)67)77-81-73(49-27-9-3-10-28-49)79-75(83-77)51-41-43-63-65(45-51)69-57-35-17-18-36-58(57)70(63)66-46-52(42-44-64(66)69)76-80-74(50-29-11-4-12-30-50)82-78(84-76)72-61-39-21-15-33-55(61)68(48-25-7-2-8-26-48)56-34-16-22-40-62(56)72/h1-46,69-70H. The fourth-order valence-corrected chi connectivity index (χ4v) is 13.7. The molecule has 2 aromatic heterocycles. The van der Waals surface area contributed by atoms with Gasteiger partial charge >= 0.3 is 0 Å². The molecule has 3 aliphatic rings. The third-order valence-electron chi connectivity index (χ3n) is 17.3. The highest BCUT2D eigenvalue weighted by Gasteiger charge is 2.42. The third-order valence-corrected chi connectivity index (χ3v) is 17.3. The van der Waals surface area contributed by atoms with Gasteiger partial charge in [-0.2, -0.15) is 0 Å². The lowest BCUT2D eigenvalue weighted by molar-refractivity contribution is 0.754.